The molecule has 0 aromatic heterocycles. The van der Waals surface area contributed by atoms with Crippen LogP contribution in [0.3, 0.4) is 0 Å². The van der Waals surface area contributed by atoms with Gasteiger partial charge in [0, 0.05) is 54.0 Å². The first-order valence-corrected chi connectivity index (χ1v) is 11.0. The number of rotatable bonds is 12. The van der Waals surface area contributed by atoms with Gasteiger partial charge < -0.3 is 20.3 Å². The van der Waals surface area contributed by atoms with Crippen molar-refractivity contribution in [1.82, 2.24) is 19.8 Å². The van der Waals surface area contributed by atoms with Crippen LogP contribution in [-0.2, 0) is 21.3 Å². The molecule has 1 aromatic rings. The zero-order chi connectivity index (χ0) is 21.0. The summed E-state index contributed by atoms with van der Waals surface area (Å²) in [6, 6.07) is 6.98. The molecule has 1 aromatic carbocycles. The minimum atomic E-state index is -3.50. The highest BCUT2D eigenvalue weighted by Gasteiger charge is 2.20. The van der Waals surface area contributed by atoms with Gasteiger partial charge in [-0.3, -0.25) is 0 Å². The molecule has 0 bridgehead atoms. The number of methoxy groups -OCH3 is 1. The summed E-state index contributed by atoms with van der Waals surface area (Å²) < 4.78 is 31.3. The molecule has 0 spiro atoms. The van der Waals surface area contributed by atoms with Gasteiger partial charge in [-0.25, -0.2) is 17.7 Å². The van der Waals surface area contributed by atoms with Gasteiger partial charge in [-0.05, 0) is 32.0 Å². The van der Waals surface area contributed by atoms with Crippen LogP contribution in [0.15, 0.2) is 34.2 Å². The maximum Gasteiger partial charge on any atom is 0.242 e. The smallest absolute Gasteiger partial charge is 0.242 e. The largest absolute Gasteiger partial charge is 0.385 e. The second kappa shape index (κ2) is 14.9. The Balaban J connectivity index is 0.00000784. The third kappa shape index (κ3) is 10.1. The molecule has 168 valence electrons. The first-order valence-electron chi connectivity index (χ1n) is 9.53. The van der Waals surface area contributed by atoms with Crippen molar-refractivity contribution in [3.63, 3.8) is 0 Å². The standard InChI is InChI=1S/C19H35N5O3S.HI/c1-6-20-19(21-12-14-24(4)13-9-15-27-5)22-16-17-10-7-8-11-18(17)28(25,26)23(2)3;/h7-8,10-11H,6,9,12-16H2,1-5H3,(H2,20,21,22);1H. The second-order valence-corrected chi connectivity index (χ2v) is 8.79. The van der Waals surface area contributed by atoms with Crippen LogP contribution in [0.25, 0.3) is 0 Å². The van der Waals surface area contributed by atoms with Crippen LogP contribution in [0, 0.1) is 0 Å². The van der Waals surface area contributed by atoms with Crippen molar-refractivity contribution >= 4 is 40.0 Å². The van der Waals surface area contributed by atoms with Crippen molar-refractivity contribution in [3.05, 3.63) is 29.8 Å². The van der Waals surface area contributed by atoms with Crippen molar-refractivity contribution in [1.29, 1.82) is 0 Å². The van der Waals surface area contributed by atoms with E-state index < -0.39 is 10.0 Å². The Morgan fingerprint density at radius 1 is 1.14 bits per heavy atom. The molecule has 1 rings (SSSR count). The monoisotopic (exact) mass is 541 g/mol. The highest BCUT2D eigenvalue weighted by atomic mass is 127. The fourth-order valence-corrected chi connectivity index (χ4v) is 3.65. The maximum absolute atomic E-state index is 12.5. The summed E-state index contributed by atoms with van der Waals surface area (Å²) in [5.41, 5.74) is 0.671. The molecule has 0 aliphatic rings. The van der Waals surface area contributed by atoms with Crippen LogP contribution in [0.4, 0.5) is 0 Å². The summed E-state index contributed by atoms with van der Waals surface area (Å²) in [7, 11) is 3.35. The van der Waals surface area contributed by atoms with E-state index in [-0.39, 0.29) is 35.4 Å². The third-order valence-electron chi connectivity index (χ3n) is 4.16. The molecule has 0 fully saturated rings. The van der Waals surface area contributed by atoms with Gasteiger partial charge in [0.2, 0.25) is 10.0 Å². The number of aliphatic imine (C=N–C) groups is 1. The zero-order valence-electron chi connectivity index (χ0n) is 18.1. The average molecular weight is 542 g/mol. The lowest BCUT2D eigenvalue weighted by atomic mass is 10.2. The molecule has 0 aliphatic carbocycles. The number of benzene rings is 1. The van der Waals surface area contributed by atoms with Crippen molar-refractivity contribution < 1.29 is 13.2 Å². The van der Waals surface area contributed by atoms with Gasteiger partial charge in [0.15, 0.2) is 5.96 Å². The van der Waals surface area contributed by atoms with Gasteiger partial charge in [-0.2, -0.15) is 0 Å². The summed E-state index contributed by atoms with van der Waals surface area (Å²) >= 11 is 0. The number of ether oxygens (including phenoxy) is 1. The molecule has 0 radical (unpaired) electrons. The Morgan fingerprint density at radius 2 is 1.83 bits per heavy atom. The molecule has 8 nitrogen and oxygen atoms in total. The first-order chi connectivity index (χ1) is 13.3. The second-order valence-electron chi connectivity index (χ2n) is 6.67. The van der Waals surface area contributed by atoms with Gasteiger partial charge >= 0.3 is 0 Å². The summed E-state index contributed by atoms with van der Waals surface area (Å²) in [4.78, 5) is 7.08. The van der Waals surface area contributed by atoms with E-state index in [1.54, 1.807) is 25.3 Å². The Hall–Kier alpha value is -0.950. The number of halogens is 1. The Labute approximate surface area is 193 Å². The van der Waals surface area contributed by atoms with Crippen molar-refractivity contribution in [2.45, 2.75) is 24.8 Å². The van der Waals surface area contributed by atoms with Crippen LogP contribution in [-0.4, -0.2) is 84.6 Å². The number of sulfonamides is 1. The predicted molar refractivity (Wildman–Crippen MR) is 130 cm³/mol. The number of nitrogens with one attached hydrogen (secondary N) is 2. The fraction of sp³-hybridized carbons (Fsp3) is 0.632. The van der Waals surface area contributed by atoms with Crippen LogP contribution in [0.2, 0.25) is 0 Å². The molecule has 29 heavy (non-hydrogen) atoms. The van der Waals surface area contributed by atoms with E-state index in [9.17, 15) is 8.42 Å². The molecule has 0 saturated heterocycles. The van der Waals surface area contributed by atoms with Gasteiger partial charge in [0.25, 0.3) is 0 Å². The molecule has 0 unspecified atom stereocenters. The lowest BCUT2D eigenvalue weighted by molar-refractivity contribution is 0.180. The first kappa shape index (κ1) is 28.1. The highest BCUT2D eigenvalue weighted by Crippen LogP contribution is 2.19. The molecule has 2 N–H and O–H groups in total. The number of likely N-dealkylation sites (N-methyl/N-ethyl adjacent to an activating group) is 1. The average Bonchev–Trinajstić information content (AvgIpc) is 2.66. The van der Waals surface area contributed by atoms with E-state index in [1.807, 2.05) is 13.0 Å². The summed E-state index contributed by atoms with van der Waals surface area (Å²) in [5.74, 6) is 0.671. The molecule has 0 amide bonds. The van der Waals surface area contributed by atoms with Crippen molar-refractivity contribution in [3.8, 4) is 0 Å². The normalized spacial score (nSPS) is 12.2. The van der Waals surface area contributed by atoms with E-state index in [2.05, 4.69) is 27.6 Å². The summed E-state index contributed by atoms with van der Waals surface area (Å²) in [6.07, 6.45) is 0.998. The Bertz CT molecular complexity index is 714. The van der Waals surface area contributed by atoms with Crippen LogP contribution in [0.1, 0.15) is 18.9 Å². The van der Waals surface area contributed by atoms with Gasteiger partial charge in [-0.1, -0.05) is 18.2 Å². The maximum atomic E-state index is 12.5. The molecule has 0 saturated carbocycles. The number of nitrogens with zero attached hydrogens (tertiary/aromatic N) is 3. The lowest BCUT2D eigenvalue weighted by Gasteiger charge is -2.18. The van der Waals surface area contributed by atoms with Crippen molar-refractivity contribution in [2.24, 2.45) is 4.99 Å². The van der Waals surface area contributed by atoms with Crippen molar-refractivity contribution in [2.75, 3.05) is 61.0 Å². The third-order valence-corrected chi connectivity index (χ3v) is 6.07. The van der Waals surface area contributed by atoms with Crippen LogP contribution in [0.5, 0.6) is 0 Å². The van der Waals surface area contributed by atoms with E-state index >= 15 is 0 Å². The van der Waals surface area contributed by atoms with E-state index in [0.717, 1.165) is 39.2 Å². The van der Waals surface area contributed by atoms with E-state index in [4.69, 9.17) is 4.74 Å². The molecule has 0 aliphatic heterocycles. The Morgan fingerprint density at radius 3 is 2.45 bits per heavy atom. The predicted octanol–water partition coefficient (Wildman–Crippen LogP) is 1.58. The quantitative estimate of drug-likeness (QED) is 0.181. The van der Waals surface area contributed by atoms with Crippen LogP contribution >= 0.6 is 24.0 Å². The minimum Gasteiger partial charge on any atom is -0.385 e. The Kier molecular flexibility index (Phi) is 14.5. The van der Waals surface area contributed by atoms with E-state index in [1.165, 1.54) is 18.4 Å². The minimum absolute atomic E-state index is 0. The molecule has 10 heteroatoms. The number of hydrogen-bond acceptors (Lipinski definition) is 5. The molecular formula is C19H36IN5O3S. The molecule has 0 atom stereocenters. The van der Waals surface area contributed by atoms with Gasteiger partial charge in [0.1, 0.15) is 0 Å². The molecule has 0 heterocycles. The number of hydrogen-bond donors (Lipinski definition) is 2. The fourth-order valence-electron chi connectivity index (χ4n) is 2.54. The van der Waals surface area contributed by atoms with E-state index in [0.29, 0.717) is 11.5 Å². The number of guanidine groups is 1. The van der Waals surface area contributed by atoms with Gasteiger partial charge in [0.05, 0.1) is 11.4 Å². The summed E-state index contributed by atoms with van der Waals surface area (Å²) in [6.45, 7) is 6.36. The van der Waals surface area contributed by atoms with Gasteiger partial charge in [-0.15, -0.1) is 24.0 Å². The SMILES string of the molecule is CCNC(=NCc1ccccc1S(=O)(=O)N(C)C)NCCN(C)CCCOC.I. The summed E-state index contributed by atoms with van der Waals surface area (Å²) in [5, 5.41) is 6.50. The van der Waals surface area contributed by atoms with Crippen LogP contribution < -0.4 is 10.6 Å². The topological polar surface area (TPSA) is 86.3 Å². The lowest BCUT2D eigenvalue weighted by Crippen LogP contribution is -2.41. The molecular weight excluding hydrogens is 505 g/mol. The highest BCUT2D eigenvalue weighted by molar-refractivity contribution is 14.0. The zero-order valence-corrected chi connectivity index (χ0v) is 21.3.